The van der Waals surface area contributed by atoms with E-state index < -0.39 is 0 Å². The van der Waals surface area contributed by atoms with Gasteiger partial charge in [-0.05, 0) is 25.0 Å². The lowest BCUT2D eigenvalue weighted by atomic mass is 10.1. The Kier molecular flexibility index (Phi) is 5.79. The van der Waals surface area contributed by atoms with Gasteiger partial charge in [0.25, 0.3) is 0 Å². The van der Waals surface area contributed by atoms with Gasteiger partial charge in [-0.15, -0.1) is 0 Å². The van der Waals surface area contributed by atoms with Gasteiger partial charge in [0, 0.05) is 19.0 Å². The number of carbonyl (C=O) groups excluding carboxylic acids is 2. The average molecular weight is 346 g/mol. The number of hydrogen-bond donors (Lipinski definition) is 1. The zero-order chi connectivity index (χ0) is 17.6. The molecule has 1 atom stereocenters. The molecule has 1 aliphatic heterocycles. The van der Waals surface area contributed by atoms with E-state index in [1.807, 2.05) is 29.2 Å². The summed E-state index contributed by atoms with van der Waals surface area (Å²) in [4.78, 5) is 26.4. The van der Waals surface area contributed by atoms with Crippen molar-refractivity contribution in [2.75, 3.05) is 26.8 Å². The summed E-state index contributed by atoms with van der Waals surface area (Å²) in [7, 11) is 1.59. The minimum absolute atomic E-state index is 0.0579. The van der Waals surface area contributed by atoms with Crippen molar-refractivity contribution in [1.29, 1.82) is 0 Å². The summed E-state index contributed by atoms with van der Waals surface area (Å²) in [6.07, 6.45) is 4.85. The van der Waals surface area contributed by atoms with E-state index in [1.165, 1.54) is 12.8 Å². The summed E-state index contributed by atoms with van der Waals surface area (Å²) in [6, 6.07) is 7.75. The molecule has 6 heteroatoms. The second kappa shape index (κ2) is 8.23. The first-order valence-electron chi connectivity index (χ1n) is 9.02. The summed E-state index contributed by atoms with van der Waals surface area (Å²) in [5.41, 5.74) is 0. The fourth-order valence-electron chi connectivity index (χ4n) is 3.69. The minimum atomic E-state index is -0.237. The van der Waals surface area contributed by atoms with E-state index in [2.05, 4.69) is 5.32 Å². The molecule has 1 N–H and O–H groups in total. The molecule has 0 aromatic heterocycles. The van der Waals surface area contributed by atoms with Crippen molar-refractivity contribution in [3.05, 3.63) is 24.3 Å². The van der Waals surface area contributed by atoms with Crippen molar-refractivity contribution in [2.45, 2.75) is 38.1 Å². The number of benzene rings is 1. The molecule has 1 aliphatic carbocycles. The molecule has 25 heavy (non-hydrogen) atoms. The van der Waals surface area contributed by atoms with E-state index in [-0.39, 0.29) is 17.7 Å². The molecule has 1 heterocycles. The number of hydrogen-bond acceptors (Lipinski definition) is 4. The highest BCUT2D eigenvalue weighted by Gasteiger charge is 2.38. The number of amides is 2. The van der Waals surface area contributed by atoms with Gasteiger partial charge in [0.1, 0.15) is 6.61 Å². The van der Waals surface area contributed by atoms with E-state index in [0.717, 1.165) is 12.8 Å². The third-order valence-electron chi connectivity index (χ3n) is 5.02. The molecule has 1 aromatic rings. The van der Waals surface area contributed by atoms with Crippen molar-refractivity contribution in [1.82, 2.24) is 10.2 Å². The molecule has 3 rings (SSSR count). The maximum Gasteiger partial charge on any atom is 0.225 e. The molecule has 2 fully saturated rings. The van der Waals surface area contributed by atoms with E-state index in [4.69, 9.17) is 9.47 Å². The second-order valence-corrected chi connectivity index (χ2v) is 6.68. The molecule has 1 aromatic carbocycles. The summed E-state index contributed by atoms with van der Waals surface area (Å²) in [6.45, 7) is 1.33. The van der Waals surface area contributed by atoms with E-state index in [0.29, 0.717) is 43.7 Å². The Morgan fingerprint density at radius 3 is 2.68 bits per heavy atom. The van der Waals surface area contributed by atoms with Crippen LogP contribution >= 0.6 is 0 Å². The summed E-state index contributed by atoms with van der Waals surface area (Å²) < 4.78 is 10.9. The Bertz CT molecular complexity index is 613. The van der Waals surface area contributed by atoms with Crippen LogP contribution < -0.4 is 14.8 Å². The molecule has 1 saturated heterocycles. The number of nitrogens with one attached hydrogen (secondary N) is 1. The van der Waals surface area contributed by atoms with Crippen molar-refractivity contribution < 1.29 is 19.1 Å². The van der Waals surface area contributed by atoms with Gasteiger partial charge in [-0.2, -0.15) is 0 Å². The van der Waals surface area contributed by atoms with Crippen LogP contribution in [0.5, 0.6) is 11.5 Å². The molecule has 0 radical (unpaired) electrons. The molecule has 6 nitrogen and oxygen atoms in total. The lowest BCUT2D eigenvalue weighted by Gasteiger charge is -2.23. The van der Waals surface area contributed by atoms with E-state index in [1.54, 1.807) is 7.11 Å². The first-order valence-corrected chi connectivity index (χ1v) is 9.02. The first kappa shape index (κ1) is 17.6. The van der Waals surface area contributed by atoms with Crippen LogP contribution in [0.1, 0.15) is 32.1 Å². The zero-order valence-electron chi connectivity index (χ0n) is 14.7. The maximum absolute atomic E-state index is 12.3. The normalized spacial score (nSPS) is 20.8. The van der Waals surface area contributed by atoms with Crippen LogP contribution in [0.2, 0.25) is 0 Å². The number of carbonyl (C=O) groups is 2. The largest absolute Gasteiger partial charge is 0.493 e. The molecule has 1 saturated carbocycles. The average Bonchev–Trinajstić information content (AvgIpc) is 3.28. The van der Waals surface area contributed by atoms with Gasteiger partial charge in [-0.3, -0.25) is 9.59 Å². The summed E-state index contributed by atoms with van der Waals surface area (Å²) in [5.74, 6) is 1.15. The third-order valence-corrected chi connectivity index (χ3v) is 5.02. The third kappa shape index (κ3) is 4.24. The highest BCUT2D eigenvalue weighted by atomic mass is 16.5. The van der Waals surface area contributed by atoms with Crippen LogP contribution in [-0.2, 0) is 9.59 Å². The molecule has 136 valence electrons. The number of likely N-dealkylation sites (tertiary alicyclic amines) is 1. The topological polar surface area (TPSA) is 67.9 Å². The Balaban J connectivity index is 1.41. The van der Waals surface area contributed by atoms with Crippen LogP contribution in [0.15, 0.2) is 24.3 Å². The Morgan fingerprint density at radius 1 is 1.24 bits per heavy atom. The van der Waals surface area contributed by atoms with E-state index in [9.17, 15) is 9.59 Å². The van der Waals surface area contributed by atoms with Crippen LogP contribution in [0, 0.1) is 5.92 Å². The summed E-state index contributed by atoms with van der Waals surface area (Å²) in [5, 5.41) is 2.88. The van der Waals surface area contributed by atoms with Crippen LogP contribution in [0.4, 0.5) is 0 Å². The highest BCUT2D eigenvalue weighted by molar-refractivity contribution is 5.89. The van der Waals surface area contributed by atoms with Crippen molar-refractivity contribution in [3.8, 4) is 11.5 Å². The quantitative estimate of drug-likeness (QED) is 0.767. The smallest absolute Gasteiger partial charge is 0.225 e. The predicted molar refractivity (Wildman–Crippen MR) is 93.6 cm³/mol. The van der Waals surface area contributed by atoms with Crippen LogP contribution in [0.25, 0.3) is 0 Å². The number of nitrogens with zero attached hydrogens (tertiary/aromatic N) is 1. The Labute approximate surface area is 148 Å². The molecule has 2 amide bonds. The fraction of sp³-hybridized carbons (Fsp3) is 0.579. The summed E-state index contributed by atoms with van der Waals surface area (Å²) >= 11 is 0. The highest BCUT2D eigenvalue weighted by Crippen LogP contribution is 2.29. The number of para-hydroxylation sites is 2. The van der Waals surface area contributed by atoms with Crippen molar-refractivity contribution >= 4 is 11.8 Å². The first-order chi connectivity index (χ1) is 12.2. The number of rotatable bonds is 7. The van der Waals surface area contributed by atoms with Crippen LogP contribution in [-0.4, -0.2) is 49.6 Å². The number of methoxy groups -OCH3 is 1. The Hall–Kier alpha value is -2.24. The fourth-order valence-corrected chi connectivity index (χ4v) is 3.69. The predicted octanol–water partition coefficient (Wildman–Crippen LogP) is 1.98. The second-order valence-electron chi connectivity index (χ2n) is 6.68. The SMILES string of the molecule is COc1ccccc1OCCNC(=O)C1CC(=O)N(C2CCCC2)C1. The lowest BCUT2D eigenvalue weighted by molar-refractivity contribution is -0.130. The number of ether oxygens (including phenoxy) is 2. The molecule has 0 spiro atoms. The van der Waals surface area contributed by atoms with E-state index >= 15 is 0 Å². The van der Waals surface area contributed by atoms with Crippen molar-refractivity contribution in [3.63, 3.8) is 0 Å². The van der Waals surface area contributed by atoms with Crippen molar-refractivity contribution in [2.24, 2.45) is 5.92 Å². The van der Waals surface area contributed by atoms with Gasteiger partial charge in [0.15, 0.2) is 11.5 Å². The Morgan fingerprint density at radius 2 is 1.96 bits per heavy atom. The zero-order valence-corrected chi connectivity index (χ0v) is 14.7. The molecule has 1 unspecified atom stereocenters. The lowest BCUT2D eigenvalue weighted by Crippen LogP contribution is -2.37. The standard InChI is InChI=1S/C19H26N2O4/c1-24-16-8-4-5-9-17(16)25-11-10-20-19(23)14-12-18(22)21(13-14)15-6-2-3-7-15/h4-5,8-9,14-15H,2-3,6-7,10-13H2,1H3,(H,20,23). The minimum Gasteiger partial charge on any atom is -0.493 e. The van der Waals surface area contributed by atoms with Gasteiger partial charge in [-0.25, -0.2) is 0 Å². The van der Waals surface area contributed by atoms with Gasteiger partial charge >= 0.3 is 0 Å². The molecule has 2 aliphatic rings. The monoisotopic (exact) mass is 346 g/mol. The maximum atomic E-state index is 12.3. The molecular weight excluding hydrogens is 320 g/mol. The molecular formula is C19H26N2O4. The van der Waals surface area contributed by atoms with Gasteiger partial charge in [0.05, 0.1) is 19.6 Å². The van der Waals surface area contributed by atoms with Gasteiger partial charge < -0.3 is 19.7 Å². The molecule has 0 bridgehead atoms. The van der Waals surface area contributed by atoms with Gasteiger partial charge in [0.2, 0.25) is 11.8 Å². The van der Waals surface area contributed by atoms with Crippen LogP contribution in [0.3, 0.4) is 0 Å². The van der Waals surface area contributed by atoms with Gasteiger partial charge in [-0.1, -0.05) is 25.0 Å².